The first-order valence-electron chi connectivity index (χ1n) is 8.79. The summed E-state index contributed by atoms with van der Waals surface area (Å²) in [6.45, 7) is 1.45. The molecule has 0 bridgehead atoms. The van der Waals surface area contributed by atoms with Crippen LogP contribution >= 0.6 is 11.6 Å². The van der Waals surface area contributed by atoms with Crippen molar-refractivity contribution in [1.82, 2.24) is 9.78 Å². The number of esters is 1. The van der Waals surface area contributed by atoms with Gasteiger partial charge in [-0.2, -0.15) is 5.10 Å². The Kier molecular flexibility index (Phi) is 6.19. The van der Waals surface area contributed by atoms with Crippen LogP contribution < -0.4 is 10.1 Å². The minimum absolute atomic E-state index is 0.311. The van der Waals surface area contributed by atoms with Gasteiger partial charge in [0.2, 0.25) is 0 Å². The first-order valence-corrected chi connectivity index (χ1v) is 9.17. The lowest BCUT2D eigenvalue weighted by molar-refractivity contribution is -0.119. The molecule has 29 heavy (non-hydrogen) atoms. The number of anilines is 1. The van der Waals surface area contributed by atoms with Crippen molar-refractivity contribution in [1.29, 1.82) is 0 Å². The second-order valence-corrected chi connectivity index (χ2v) is 6.79. The maximum absolute atomic E-state index is 12.2. The summed E-state index contributed by atoms with van der Waals surface area (Å²) >= 11 is 5.90. The summed E-state index contributed by atoms with van der Waals surface area (Å²) in [7, 11) is 3.23. The number of hydrogen-bond donors (Lipinski definition) is 1. The number of carbonyl (C=O) groups is 2. The number of rotatable bonds is 6. The number of halogens is 1. The van der Waals surface area contributed by atoms with Crippen molar-refractivity contribution in [3.8, 4) is 17.0 Å². The quantitative estimate of drug-likeness (QED) is 0.620. The molecule has 0 aliphatic heterocycles. The number of aryl methyl sites for hydroxylation is 2. The lowest BCUT2D eigenvalue weighted by Gasteiger charge is -2.08. The molecule has 0 aliphatic carbocycles. The summed E-state index contributed by atoms with van der Waals surface area (Å²) < 4.78 is 11.8. The van der Waals surface area contributed by atoms with Crippen LogP contribution in [-0.2, 0) is 16.6 Å². The van der Waals surface area contributed by atoms with Gasteiger partial charge in [-0.15, -0.1) is 0 Å². The van der Waals surface area contributed by atoms with Gasteiger partial charge in [0.15, 0.2) is 6.61 Å². The number of methoxy groups -OCH3 is 1. The molecule has 3 rings (SSSR count). The van der Waals surface area contributed by atoms with Crippen LogP contribution in [0, 0.1) is 6.92 Å². The second kappa shape index (κ2) is 8.79. The van der Waals surface area contributed by atoms with Gasteiger partial charge in [-0.1, -0.05) is 29.8 Å². The monoisotopic (exact) mass is 413 g/mol. The lowest BCUT2D eigenvalue weighted by Crippen LogP contribution is -2.22. The summed E-state index contributed by atoms with van der Waals surface area (Å²) in [5.74, 6) is -0.0186. The zero-order chi connectivity index (χ0) is 21.0. The van der Waals surface area contributed by atoms with E-state index in [1.54, 1.807) is 43.4 Å². The van der Waals surface area contributed by atoms with E-state index in [0.29, 0.717) is 27.8 Å². The molecule has 0 unspecified atom stereocenters. The molecule has 1 heterocycles. The SMILES string of the molecule is COc1cc(C(=O)OCC(=O)Nc2cc(-c3ccc(Cl)cc3)nn2C)ccc1C. The fourth-order valence-corrected chi connectivity index (χ4v) is 2.81. The molecule has 150 valence electrons. The smallest absolute Gasteiger partial charge is 0.338 e. The third kappa shape index (κ3) is 4.94. The number of nitrogens with zero attached hydrogens (tertiary/aromatic N) is 2. The predicted octanol–water partition coefficient (Wildman–Crippen LogP) is 3.85. The highest BCUT2D eigenvalue weighted by Gasteiger charge is 2.14. The Bertz CT molecular complexity index is 1040. The van der Waals surface area contributed by atoms with E-state index in [-0.39, 0.29) is 0 Å². The van der Waals surface area contributed by atoms with Gasteiger partial charge in [0, 0.05) is 23.7 Å². The van der Waals surface area contributed by atoms with Crippen LogP contribution in [0.2, 0.25) is 5.02 Å². The molecule has 3 aromatic rings. The highest BCUT2D eigenvalue weighted by atomic mass is 35.5. The van der Waals surface area contributed by atoms with Crippen LogP contribution in [0.15, 0.2) is 48.5 Å². The molecule has 1 amide bonds. The highest BCUT2D eigenvalue weighted by molar-refractivity contribution is 6.30. The van der Waals surface area contributed by atoms with Gasteiger partial charge in [0.25, 0.3) is 5.91 Å². The van der Waals surface area contributed by atoms with Gasteiger partial charge in [-0.05, 0) is 36.8 Å². The van der Waals surface area contributed by atoms with E-state index in [1.165, 1.54) is 11.8 Å². The largest absolute Gasteiger partial charge is 0.496 e. The van der Waals surface area contributed by atoms with Crippen LogP contribution in [0.1, 0.15) is 15.9 Å². The van der Waals surface area contributed by atoms with Gasteiger partial charge in [0.1, 0.15) is 11.6 Å². The molecule has 1 N–H and O–H groups in total. The number of amides is 1. The molecule has 7 nitrogen and oxygen atoms in total. The van der Waals surface area contributed by atoms with Gasteiger partial charge in [-0.3, -0.25) is 9.48 Å². The Labute approximate surface area is 173 Å². The molecular weight excluding hydrogens is 394 g/mol. The maximum atomic E-state index is 12.2. The van der Waals surface area contributed by atoms with Crippen molar-refractivity contribution >= 4 is 29.3 Å². The number of hydrogen-bond acceptors (Lipinski definition) is 5. The van der Waals surface area contributed by atoms with Crippen molar-refractivity contribution in [2.24, 2.45) is 7.05 Å². The topological polar surface area (TPSA) is 82.4 Å². The van der Waals surface area contributed by atoms with Crippen molar-refractivity contribution in [3.63, 3.8) is 0 Å². The number of benzene rings is 2. The molecular formula is C21H20ClN3O4. The first-order chi connectivity index (χ1) is 13.9. The van der Waals surface area contributed by atoms with Crippen LogP contribution in [0.5, 0.6) is 5.75 Å². The molecule has 0 spiro atoms. The van der Waals surface area contributed by atoms with Gasteiger partial charge >= 0.3 is 5.97 Å². The second-order valence-electron chi connectivity index (χ2n) is 6.35. The van der Waals surface area contributed by atoms with Crippen LogP contribution in [-0.4, -0.2) is 35.4 Å². The third-order valence-electron chi connectivity index (χ3n) is 4.27. The summed E-state index contributed by atoms with van der Waals surface area (Å²) in [4.78, 5) is 24.4. The standard InChI is InChI=1S/C21H20ClN3O4/c1-13-4-5-15(10-18(13)28-3)21(27)29-12-20(26)23-19-11-17(24-25(19)2)14-6-8-16(22)9-7-14/h4-11H,12H2,1-3H3,(H,23,26). The van der Waals surface area contributed by atoms with E-state index in [9.17, 15) is 9.59 Å². The highest BCUT2D eigenvalue weighted by Crippen LogP contribution is 2.23. The average Bonchev–Trinajstić information content (AvgIpc) is 3.07. The Balaban J connectivity index is 1.61. The van der Waals surface area contributed by atoms with Crippen molar-refractivity contribution in [2.45, 2.75) is 6.92 Å². The van der Waals surface area contributed by atoms with E-state index in [4.69, 9.17) is 21.1 Å². The summed E-state index contributed by atoms with van der Waals surface area (Å²) in [5, 5.41) is 7.69. The zero-order valence-electron chi connectivity index (χ0n) is 16.2. The van der Waals surface area contributed by atoms with Gasteiger partial charge < -0.3 is 14.8 Å². The zero-order valence-corrected chi connectivity index (χ0v) is 17.0. The Morgan fingerprint density at radius 1 is 1.14 bits per heavy atom. The van der Waals surface area contributed by atoms with Crippen LogP contribution in [0.25, 0.3) is 11.3 Å². The van der Waals surface area contributed by atoms with E-state index < -0.39 is 18.5 Å². The molecule has 0 saturated carbocycles. The Morgan fingerprint density at radius 2 is 1.86 bits per heavy atom. The Hall–Kier alpha value is -3.32. The first kappa shape index (κ1) is 20.4. The average molecular weight is 414 g/mol. The maximum Gasteiger partial charge on any atom is 0.338 e. The minimum Gasteiger partial charge on any atom is -0.496 e. The lowest BCUT2D eigenvalue weighted by atomic mass is 10.1. The van der Waals surface area contributed by atoms with Crippen molar-refractivity contribution < 1.29 is 19.1 Å². The molecule has 1 aromatic heterocycles. The molecule has 0 aliphatic rings. The van der Waals surface area contributed by atoms with E-state index in [2.05, 4.69) is 10.4 Å². The summed E-state index contributed by atoms with van der Waals surface area (Å²) in [6, 6.07) is 13.9. The number of ether oxygens (including phenoxy) is 2. The molecule has 0 fully saturated rings. The normalized spacial score (nSPS) is 10.5. The van der Waals surface area contributed by atoms with Gasteiger partial charge in [-0.25, -0.2) is 4.79 Å². The minimum atomic E-state index is -0.606. The molecule has 0 radical (unpaired) electrons. The Morgan fingerprint density at radius 3 is 2.55 bits per heavy atom. The van der Waals surface area contributed by atoms with Crippen LogP contribution in [0.4, 0.5) is 5.82 Å². The molecule has 0 saturated heterocycles. The molecule has 0 atom stereocenters. The van der Waals surface area contributed by atoms with Gasteiger partial charge in [0.05, 0.1) is 18.4 Å². The summed E-state index contributed by atoms with van der Waals surface area (Å²) in [5.41, 5.74) is 2.76. The predicted molar refractivity (Wildman–Crippen MR) is 110 cm³/mol. The molecule has 2 aromatic carbocycles. The number of carbonyl (C=O) groups excluding carboxylic acids is 2. The number of nitrogens with one attached hydrogen (secondary N) is 1. The van der Waals surface area contributed by atoms with E-state index >= 15 is 0 Å². The summed E-state index contributed by atoms with van der Waals surface area (Å²) in [6.07, 6.45) is 0. The third-order valence-corrected chi connectivity index (χ3v) is 4.52. The fourth-order valence-electron chi connectivity index (χ4n) is 2.69. The fraction of sp³-hybridized carbons (Fsp3) is 0.190. The van der Waals surface area contributed by atoms with Crippen LogP contribution in [0.3, 0.4) is 0 Å². The van der Waals surface area contributed by atoms with E-state index in [0.717, 1.165) is 11.1 Å². The van der Waals surface area contributed by atoms with Crippen molar-refractivity contribution in [3.05, 3.63) is 64.7 Å². The number of aromatic nitrogens is 2. The van der Waals surface area contributed by atoms with E-state index in [1.807, 2.05) is 19.1 Å². The molecule has 8 heteroatoms. The van der Waals surface area contributed by atoms with Crippen molar-refractivity contribution in [2.75, 3.05) is 19.0 Å².